The number of ether oxygens (including phenoxy) is 1. The number of rotatable bonds is 3. The molecule has 0 spiro atoms. The largest absolute Gasteiger partial charge is 0.501 e. The van der Waals surface area contributed by atoms with Crippen LogP contribution in [0.1, 0.15) is 58.3 Å². The SMILES string of the molecule is CCC12CC[C@@H]3C4=C(C=C(OC)CC4)CC[C@H]3[C@@H]1C=C[C@@]2(O)CC#N. The van der Waals surface area contributed by atoms with Crippen molar-refractivity contribution < 1.29 is 9.84 Å². The second-order valence-electron chi connectivity index (χ2n) is 8.37. The van der Waals surface area contributed by atoms with Gasteiger partial charge in [0.15, 0.2) is 0 Å². The summed E-state index contributed by atoms with van der Waals surface area (Å²) >= 11 is 0. The summed E-state index contributed by atoms with van der Waals surface area (Å²) in [6, 6.07) is 2.24. The van der Waals surface area contributed by atoms with Crippen molar-refractivity contribution in [3.63, 3.8) is 0 Å². The van der Waals surface area contributed by atoms with Crippen LogP contribution in [0.2, 0.25) is 0 Å². The Morgan fingerprint density at radius 3 is 2.88 bits per heavy atom. The molecule has 0 bridgehead atoms. The summed E-state index contributed by atoms with van der Waals surface area (Å²) in [5.74, 6) is 2.81. The maximum absolute atomic E-state index is 11.3. The standard InChI is InChI=1S/C22H29NO2/c1-3-21-10-8-18-17-7-5-16(25-2)14-15(17)4-6-19(18)20(21)9-11-22(21,24)12-13-23/h9,11,14,18-20,24H,3-8,10,12H2,1-2H3/t18-,19-,20+,21?,22-/m1/s1. The number of allylic oxidation sites excluding steroid dienone is 5. The number of aliphatic hydroxyl groups is 1. The minimum atomic E-state index is -0.934. The number of hydrogen-bond donors (Lipinski definition) is 1. The average Bonchev–Trinajstić information content (AvgIpc) is 2.94. The molecule has 0 heterocycles. The van der Waals surface area contributed by atoms with Gasteiger partial charge < -0.3 is 9.84 Å². The van der Waals surface area contributed by atoms with Gasteiger partial charge in [-0.05, 0) is 67.9 Å². The number of fused-ring (bicyclic) bond motifs is 4. The van der Waals surface area contributed by atoms with Gasteiger partial charge in [0.2, 0.25) is 0 Å². The van der Waals surface area contributed by atoms with E-state index in [1.807, 2.05) is 6.08 Å². The van der Waals surface area contributed by atoms with Crippen molar-refractivity contribution in [2.75, 3.05) is 7.11 Å². The van der Waals surface area contributed by atoms with Crippen molar-refractivity contribution in [1.82, 2.24) is 0 Å². The van der Waals surface area contributed by atoms with E-state index in [-0.39, 0.29) is 11.8 Å². The Morgan fingerprint density at radius 2 is 2.16 bits per heavy atom. The topological polar surface area (TPSA) is 53.2 Å². The minimum absolute atomic E-state index is 0.135. The molecule has 0 amide bonds. The molecular weight excluding hydrogens is 310 g/mol. The molecule has 5 atom stereocenters. The zero-order chi connectivity index (χ0) is 17.7. The quantitative estimate of drug-likeness (QED) is 0.761. The van der Waals surface area contributed by atoms with E-state index in [9.17, 15) is 10.4 Å². The molecule has 1 N–H and O–H groups in total. The Hall–Kier alpha value is -1.53. The summed E-state index contributed by atoms with van der Waals surface area (Å²) in [6.07, 6.45) is 14.4. The van der Waals surface area contributed by atoms with E-state index in [0.717, 1.165) is 44.3 Å². The highest BCUT2D eigenvalue weighted by Crippen LogP contribution is 2.63. The van der Waals surface area contributed by atoms with Gasteiger partial charge in [0.25, 0.3) is 0 Å². The second-order valence-corrected chi connectivity index (χ2v) is 8.37. The highest BCUT2D eigenvalue weighted by Gasteiger charge is 2.60. The van der Waals surface area contributed by atoms with Gasteiger partial charge in [-0.1, -0.05) is 24.6 Å². The predicted molar refractivity (Wildman–Crippen MR) is 97.3 cm³/mol. The van der Waals surface area contributed by atoms with Crippen LogP contribution >= 0.6 is 0 Å². The monoisotopic (exact) mass is 339 g/mol. The van der Waals surface area contributed by atoms with E-state index in [0.29, 0.717) is 17.8 Å². The van der Waals surface area contributed by atoms with Crippen molar-refractivity contribution in [1.29, 1.82) is 5.26 Å². The Labute approximate surface area is 151 Å². The van der Waals surface area contributed by atoms with E-state index in [4.69, 9.17) is 4.74 Å². The smallest absolute Gasteiger partial charge is 0.102 e. The Bertz CT molecular complexity index is 697. The van der Waals surface area contributed by atoms with Crippen molar-refractivity contribution in [3.8, 4) is 6.07 Å². The van der Waals surface area contributed by atoms with Crippen LogP contribution in [0.25, 0.3) is 0 Å². The van der Waals surface area contributed by atoms with Crippen molar-refractivity contribution in [2.24, 2.45) is 23.2 Å². The van der Waals surface area contributed by atoms with Crippen LogP contribution in [0, 0.1) is 34.5 Å². The lowest BCUT2D eigenvalue weighted by atomic mass is 9.50. The number of nitriles is 1. The van der Waals surface area contributed by atoms with E-state index in [1.165, 1.54) is 12.0 Å². The van der Waals surface area contributed by atoms with Gasteiger partial charge >= 0.3 is 0 Å². The van der Waals surface area contributed by atoms with Crippen LogP contribution in [0.4, 0.5) is 0 Å². The molecular formula is C22H29NO2. The van der Waals surface area contributed by atoms with Crippen molar-refractivity contribution >= 4 is 0 Å². The molecule has 4 aliphatic carbocycles. The third kappa shape index (κ3) is 2.27. The van der Waals surface area contributed by atoms with Gasteiger partial charge in [-0.2, -0.15) is 5.26 Å². The Morgan fingerprint density at radius 1 is 1.32 bits per heavy atom. The summed E-state index contributed by atoms with van der Waals surface area (Å²) in [7, 11) is 1.78. The minimum Gasteiger partial charge on any atom is -0.501 e. The Balaban J connectivity index is 1.68. The lowest BCUT2D eigenvalue weighted by molar-refractivity contribution is -0.102. The molecule has 1 fully saturated rings. The summed E-state index contributed by atoms with van der Waals surface area (Å²) in [6.45, 7) is 2.20. The lowest BCUT2D eigenvalue weighted by Crippen LogP contribution is -2.53. The number of hydrogen-bond acceptors (Lipinski definition) is 3. The van der Waals surface area contributed by atoms with Gasteiger partial charge in [0, 0.05) is 11.8 Å². The molecule has 0 aromatic rings. The zero-order valence-electron chi connectivity index (χ0n) is 15.4. The van der Waals surface area contributed by atoms with Gasteiger partial charge in [0.05, 0.1) is 25.4 Å². The third-order valence-electron chi connectivity index (χ3n) is 7.78. The fourth-order valence-corrected chi connectivity index (χ4v) is 6.52. The lowest BCUT2D eigenvalue weighted by Gasteiger charge is -2.55. The highest BCUT2D eigenvalue weighted by molar-refractivity contribution is 5.38. The first-order chi connectivity index (χ1) is 12.1. The van der Waals surface area contributed by atoms with Crippen LogP contribution in [0.5, 0.6) is 0 Å². The zero-order valence-corrected chi connectivity index (χ0v) is 15.4. The molecule has 4 aliphatic rings. The van der Waals surface area contributed by atoms with Crippen molar-refractivity contribution in [2.45, 2.75) is 63.9 Å². The van der Waals surface area contributed by atoms with Gasteiger partial charge in [-0.25, -0.2) is 0 Å². The molecule has 3 nitrogen and oxygen atoms in total. The van der Waals surface area contributed by atoms with E-state index in [1.54, 1.807) is 12.7 Å². The molecule has 1 saturated carbocycles. The predicted octanol–water partition coefficient (Wildman–Crippen LogP) is 4.65. The summed E-state index contributed by atoms with van der Waals surface area (Å²) in [4.78, 5) is 0. The van der Waals surface area contributed by atoms with Crippen molar-refractivity contribution in [3.05, 3.63) is 35.1 Å². The average molecular weight is 339 g/mol. The van der Waals surface area contributed by atoms with Crippen LogP contribution in [-0.4, -0.2) is 17.8 Å². The molecule has 0 aromatic carbocycles. The third-order valence-corrected chi connectivity index (χ3v) is 7.78. The normalized spacial score (nSPS) is 42.2. The molecule has 4 rings (SSSR count). The molecule has 134 valence electrons. The number of methoxy groups -OCH3 is 1. The Kier molecular flexibility index (Phi) is 4.07. The first-order valence-corrected chi connectivity index (χ1v) is 9.83. The maximum atomic E-state index is 11.3. The first-order valence-electron chi connectivity index (χ1n) is 9.83. The van der Waals surface area contributed by atoms with Gasteiger partial charge in [0.1, 0.15) is 5.60 Å². The molecule has 0 radical (unpaired) electrons. The molecule has 25 heavy (non-hydrogen) atoms. The first kappa shape index (κ1) is 16.9. The summed E-state index contributed by atoms with van der Waals surface area (Å²) in [5, 5.41) is 20.5. The summed E-state index contributed by atoms with van der Waals surface area (Å²) in [5.41, 5.74) is 2.11. The molecule has 0 aliphatic heterocycles. The van der Waals surface area contributed by atoms with Crippen LogP contribution in [0.3, 0.4) is 0 Å². The fourth-order valence-electron chi connectivity index (χ4n) is 6.52. The van der Waals surface area contributed by atoms with Crippen LogP contribution in [-0.2, 0) is 4.74 Å². The fraction of sp³-hybridized carbons (Fsp3) is 0.682. The molecule has 1 unspecified atom stereocenters. The van der Waals surface area contributed by atoms with E-state index in [2.05, 4.69) is 25.1 Å². The van der Waals surface area contributed by atoms with Gasteiger partial charge in [-0.3, -0.25) is 0 Å². The summed E-state index contributed by atoms with van der Waals surface area (Å²) < 4.78 is 5.49. The van der Waals surface area contributed by atoms with Crippen LogP contribution < -0.4 is 0 Å². The molecule has 0 aromatic heterocycles. The molecule has 0 saturated heterocycles. The van der Waals surface area contributed by atoms with E-state index < -0.39 is 5.60 Å². The second kappa shape index (κ2) is 6.02. The van der Waals surface area contributed by atoms with E-state index >= 15 is 0 Å². The number of nitrogens with zero attached hydrogens (tertiary/aromatic N) is 1. The maximum Gasteiger partial charge on any atom is 0.102 e. The van der Waals surface area contributed by atoms with Crippen LogP contribution in [0.15, 0.2) is 35.1 Å². The highest BCUT2D eigenvalue weighted by atomic mass is 16.5. The van der Waals surface area contributed by atoms with Gasteiger partial charge in [-0.15, -0.1) is 0 Å². The molecule has 3 heteroatoms.